The summed E-state index contributed by atoms with van der Waals surface area (Å²) in [5, 5.41) is 0. The number of carbonyl (C=O) groups is 1. The number of ether oxygens (including phenoxy) is 6. The third kappa shape index (κ3) is 3.13. The molecule has 0 aromatic heterocycles. The van der Waals surface area contributed by atoms with Crippen molar-refractivity contribution >= 4 is 5.97 Å². The van der Waals surface area contributed by atoms with E-state index in [0.29, 0.717) is 18.4 Å². The molecule has 0 N–H and O–H groups in total. The average Bonchev–Trinajstić information content (AvgIpc) is 3.35. The molecule has 0 amide bonds. The van der Waals surface area contributed by atoms with Gasteiger partial charge in [-0.25, -0.2) is 0 Å². The van der Waals surface area contributed by atoms with Crippen molar-refractivity contribution in [2.24, 2.45) is 17.8 Å². The van der Waals surface area contributed by atoms with Crippen LogP contribution in [-0.2, 0) is 33.2 Å². The van der Waals surface area contributed by atoms with Crippen molar-refractivity contribution in [2.45, 2.75) is 82.8 Å². The Labute approximate surface area is 159 Å². The first-order chi connectivity index (χ1) is 12.7. The van der Waals surface area contributed by atoms with Gasteiger partial charge in [-0.3, -0.25) is 4.79 Å². The summed E-state index contributed by atoms with van der Waals surface area (Å²) in [4.78, 5) is 12.8. The first-order valence-electron chi connectivity index (χ1n) is 9.92. The van der Waals surface area contributed by atoms with Crippen molar-refractivity contribution in [3.05, 3.63) is 12.2 Å². The van der Waals surface area contributed by atoms with Crippen molar-refractivity contribution in [3.8, 4) is 0 Å². The van der Waals surface area contributed by atoms with E-state index in [-0.39, 0.29) is 24.1 Å². The highest BCUT2D eigenvalue weighted by Gasteiger charge is 2.60. The molecule has 27 heavy (non-hydrogen) atoms. The molecule has 7 heteroatoms. The van der Waals surface area contributed by atoms with Crippen LogP contribution >= 0.6 is 0 Å². The second kappa shape index (κ2) is 6.00. The van der Waals surface area contributed by atoms with Gasteiger partial charge in [-0.1, -0.05) is 12.2 Å². The van der Waals surface area contributed by atoms with Crippen LogP contribution < -0.4 is 0 Å². The molecule has 5 aliphatic rings. The molecular formula is C20H28O7. The highest BCUT2D eigenvalue weighted by atomic mass is 16.8. The van der Waals surface area contributed by atoms with E-state index in [1.54, 1.807) is 0 Å². The predicted molar refractivity (Wildman–Crippen MR) is 92.3 cm³/mol. The van der Waals surface area contributed by atoms with Crippen molar-refractivity contribution in [2.75, 3.05) is 6.61 Å². The highest BCUT2D eigenvalue weighted by molar-refractivity contribution is 5.74. The van der Waals surface area contributed by atoms with Crippen molar-refractivity contribution in [1.29, 1.82) is 0 Å². The maximum atomic E-state index is 12.8. The van der Waals surface area contributed by atoms with Crippen molar-refractivity contribution in [3.63, 3.8) is 0 Å². The van der Waals surface area contributed by atoms with Crippen LogP contribution in [-0.4, -0.2) is 54.9 Å². The molecular weight excluding hydrogens is 352 g/mol. The molecule has 8 atom stereocenters. The maximum Gasteiger partial charge on any atom is 0.311 e. The van der Waals surface area contributed by atoms with Gasteiger partial charge in [-0.05, 0) is 52.4 Å². The minimum atomic E-state index is -0.787. The molecule has 7 nitrogen and oxygen atoms in total. The summed E-state index contributed by atoms with van der Waals surface area (Å²) in [7, 11) is 0. The molecule has 0 aromatic carbocycles. The van der Waals surface area contributed by atoms with E-state index in [1.807, 2.05) is 27.7 Å². The quantitative estimate of drug-likeness (QED) is 0.549. The lowest BCUT2D eigenvalue weighted by atomic mass is 9.94. The largest absolute Gasteiger partial charge is 0.432 e. The summed E-state index contributed by atoms with van der Waals surface area (Å²) in [6, 6.07) is 0. The average molecular weight is 380 g/mol. The molecule has 150 valence electrons. The van der Waals surface area contributed by atoms with Crippen LogP contribution in [0.1, 0.15) is 40.5 Å². The topological polar surface area (TPSA) is 72.5 Å². The Hall–Kier alpha value is -0.990. The van der Waals surface area contributed by atoms with Gasteiger partial charge in [-0.15, -0.1) is 0 Å². The summed E-state index contributed by atoms with van der Waals surface area (Å²) in [5.74, 6) is -0.904. The Morgan fingerprint density at radius 2 is 1.74 bits per heavy atom. The second-order valence-electron chi connectivity index (χ2n) is 9.22. The highest BCUT2D eigenvalue weighted by Crippen LogP contribution is 2.46. The number of allylic oxidation sites excluding steroid dienone is 2. The minimum Gasteiger partial charge on any atom is -0.432 e. The van der Waals surface area contributed by atoms with E-state index in [9.17, 15) is 4.79 Å². The van der Waals surface area contributed by atoms with Crippen LogP contribution in [0.3, 0.4) is 0 Å². The fraction of sp³-hybridized carbons (Fsp3) is 0.850. The molecule has 0 spiro atoms. The Balaban J connectivity index is 1.31. The summed E-state index contributed by atoms with van der Waals surface area (Å²) >= 11 is 0. The molecule has 3 saturated heterocycles. The molecule has 2 bridgehead atoms. The molecule has 4 fully saturated rings. The van der Waals surface area contributed by atoms with Gasteiger partial charge in [0.2, 0.25) is 6.29 Å². The number of esters is 1. The molecule has 3 heterocycles. The standard InChI is InChI=1S/C20H28O7/c1-19(2)22-9-13(25-19)14-15-16(27-20(3,4)26-15)18(23-14)24-17(21)12-8-10-5-6-11(12)7-10/h5-6,10-16,18H,7-9H2,1-4H3/t10?,11?,12?,13-,14-,15+,16+,18-/m1/s1. The lowest BCUT2D eigenvalue weighted by molar-refractivity contribution is -0.246. The molecule has 0 aromatic rings. The number of rotatable bonds is 3. The lowest BCUT2D eigenvalue weighted by Crippen LogP contribution is -2.40. The van der Waals surface area contributed by atoms with Gasteiger partial charge < -0.3 is 28.4 Å². The van der Waals surface area contributed by atoms with E-state index in [0.717, 1.165) is 12.8 Å². The zero-order valence-corrected chi connectivity index (χ0v) is 16.3. The zero-order valence-electron chi connectivity index (χ0n) is 16.3. The summed E-state index contributed by atoms with van der Waals surface area (Å²) < 4.78 is 35.6. The Morgan fingerprint density at radius 3 is 2.37 bits per heavy atom. The zero-order chi connectivity index (χ0) is 19.0. The first kappa shape index (κ1) is 18.1. The number of hydrogen-bond acceptors (Lipinski definition) is 7. The van der Waals surface area contributed by atoms with Gasteiger partial charge in [0.15, 0.2) is 17.7 Å². The SMILES string of the molecule is CC1(C)O[C@@H]2[C@H](O1)[C@@H](OC(=O)C1CC3C=CC1C3)O[C@@H]2[C@H]1COC(C)(C)O1. The van der Waals surface area contributed by atoms with Crippen molar-refractivity contribution < 1.29 is 33.2 Å². The van der Waals surface area contributed by atoms with Crippen LogP contribution in [0.4, 0.5) is 0 Å². The maximum absolute atomic E-state index is 12.8. The molecule has 3 unspecified atom stereocenters. The molecule has 0 radical (unpaired) electrons. The summed E-state index contributed by atoms with van der Waals surface area (Å²) in [6.45, 7) is 7.86. The number of hydrogen-bond donors (Lipinski definition) is 0. The Bertz CT molecular complexity index is 657. The van der Waals surface area contributed by atoms with E-state index in [1.165, 1.54) is 0 Å². The van der Waals surface area contributed by atoms with E-state index < -0.39 is 30.1 Å². The third-order valence-electron chi connectivity index (χ3n) is 6.26. The fourth-order valence-electron chi connectivity index (χ4n) is 5.12. The first-order valence-corrected chi connectivity index (χ1v) is 9.92. The number of carbonyl (C=O) groups excluding carboxylic acids is 1. The molecule has 5 rings (SSSR count). The van der Waals surface area contributed by atoms with Crippen molar-refractivity contribution in [1.82, 2.24) is 0 Å². The van der Waals surface area contributed by atoms with Gasteiger partial charge in [0.1, 0.15) is 18.3 Å². The van der Waals surface area contributed by atoms with Crippen LogP contribution in [0.15, 0.2) is 12.2 Å². The van der Waals surface area contributed by atoms with E-state index >= 15 is 0 Å². The summed E-state index contributed by atoms with van der Waals surface area (Å²) in [5.41, 5.74) is 0. The Morgan fingerprint density at radius 1 is 0.963 bits per heavy atom. The van der Waals surface area contributed by atoms with Crippen LogP contribution in [0.2, 0.25) is 0 Å². The van der Waals surface area contributed by atoms with Gasteiger partial charge in [0.25, 0.3) is 0 Å². The third-order valence-corrected chi connectivity index (χ3v) is 6.26. The lowest BCUT2D eigenvalue weighted by Gasteiger charge is -2.27. The van der Waals surface area contributed by atoms with Crippen LogP contribution in [0.25, 0.3) is 0 Å². The molecule has 2 aliphatic carbocycles. The van der Waals surface area contributed by atoms with Gasteiger partial charge >= 0.3 is 5.97 Å². The van der Waals surface area contributed by atoms with Crippen LogP contribution in [0.5, 0.6) is 0 Å². The van der Waals surface area contributed by atoms with Gasteiger partial charge in [0.05, 0.1) is 12.5 Å². The normalized spacial score (nSPS) is 48.9. The molecule has 1 saturated carbocycles. The molecule has 3 aliphatic heterocycles. The van der Waals surface area contributed by atoms with E-state index in [2.05, 4.69) is 12.2 Å². The second-order valence-corrected chi connectivity index (χ2v) is 9.22. The predicted octanol–water partition coefficient (Wildman–Crippen LogP) is 2.14. The Kier molecular flexibility index (Phi) is 4.02. The van der Waals surface area contributed by atoms with E-state index in [4.69, 9.17) is 28.4 Å². The minimum absolute atomic E-state index is 0.0820. The number of fused-ring (bicyclic) bond motifs is 3. The monoisotopic (exact) mass is 380 g/mol. The fourth-order valence-corrected chi connectivity index (χ4v) is 5.12. The smallest absolute Gasteiger partial charge is 0.311 e. The van der Waals surface area contributed by atoms with Gasteiger partial charge in [0, 0.05) is 0 Å². The van der Waals surface area contributed by atoms with Gasteiger partial charge in [-0.2, -0.15) is 0 Å². The van der Waals surface area contributed by atoms with Crippen LogP contribution in [0, 0.1) is 17.8 Å². The summed E-state index contributed by atoms with van der Waals surface area (Å²) in [6.07, 6.45) is 3.96.